The molecule has 4 aromatic rings. The number of hydrogen-bond acceptors (Lipinski definition) is 7. The Labute approximate surface area is 207 Å². The van der Waals surface area contributed by atoms with E-state index < -0.39 is 0 Å². The van der Waals surface area contributed by atoms with Gasteiger partial charge in [0.2, 0.25) is 5.91 Å². The molecule has 1 heterocycles. The molecule has 0 aliphatic carbocycles. The van der Waals surface area contributed by atoms with E-state index in [-0.39, 0.29) is 18.3 Å². The number of anilines is 1. The molecule has 0 atom stereocenters. The maximum Gasteiger partial charge on any atom is 0.234 e. The highest BCUT2D eigenvalue weighted by molar-refractivity contribution is 7.99. The van der Waals surface area contributed by atoms with Gasteiger partial charge >= 0.3 is 0 Å². The lowest BCUT2D eigenvalue weighted by molar-refractivity contribution is -0.113. The molecule has 0 spiro atoms. The van der Waals surface area contributed by atoms with Crippen LogP contribution in [-0.4, -0.2) is 33.0 Å². The Balaban J connectivity index is 1.44. The number of benzene rings is 3. The van der Waals surface area contributed by atoms with Crippen LogP contribution in [-0.2, 0) is 11.4 Å². The highest BCUT2D eigenvalue weighted by Crippen LogP contribution is 2.24. The number of aromatic nitrogens is 3. The first-order chi connectivity index (χ1) is 17.2. The summed E-state index contributed by atoms with van der Waals surface area (Å²) in [6.45, 7) is 2.68. The van der Waals surface area contributed by atoms with E-state index in [1.165, 1.54) is 11.8 Å². The number of ether oxygens (including phenoxy) is 2. The molecule has 4 rings (SSSR count). The lowest BCUT2D eigenvalue weighted by Gasteiger charge is -2.11. The fourth-order valence-electron chi connectivity index (χ4n) is 3.23. The highest BCUT2D eigenvalue weighted by Gasteiger charge is 2.16. The average Bonchev–Trinajstić information content (AvgIpc) is 3.31. The summed E-state index contributed by atoms with van der Waals surface area (Å²) in [5, 5.41) is 21.0. The molecule has 0 bridgehead atoms. The number of carbonyl (C=O) groups excluding carboxylic acids is 1. The number of thioether (sulfide) groups is 1. The third kappa shape index (κ3) is 6.40. The van der Waals surface area contributed by atoms with Crippen molar-refractivity contribution in [3.8, 4) is 23.3 Å². The Bertz CT molecular complexity index is 1300. The van der Waals surface area contributed by atoms with E-state index in [0.29, 0.717) is 34.6 Å². The van der Waals surface area contributed by atoms with Crippen LogP contribution in [0.3, 0.4) is 0 Å². The zero-order valence-corrected chi connectivity index (χ0v) is 19.9. The Morgan fingerprint density at radius 1 is 0.971 bits per heavy atom. The second-order valence-electron chi connectivity index (χ2n) is 7.29. The summed E-state index contributed by atoms with van der Waals surface area (Å²) >= 11 is 1.29. The minimum absolute atomic E-state index is 0.155. The topological polar surface area (TPSA) is 102 Å². The van der Waals surface area contributed by atoms with Crippen molar-refractivity contribution in [2.24, 2.45) is 0 Å². The first-order valence-corrected chi connectivity index (χ1v) is 11.9. The van der Waals surface area contributed by atoms with E-state index in [0.717, 1.165) is 11.4 Å². The Morgan fingerprint density at radius 2 is 1.66 bits per heavy atom. The summed E-state index contributed by atoms with van der Waals surface area (Å²) in [4.78, 5) is 12.5. The number of nitrogens with one attached hydrogen (secondary N) is 1. The molecule has 0 saturated heterocycles. The molecule has 0 fully saturated rings. The molecule has 0 unspecified atom stereocenters. The number of nitrogens with zero attached hydrogens (tertiary/aromatic N) is 4. The molecule has 35 heavy (non-hydrogen) atoms. The molecule has 176 valence electrons. The molecule has 1 amide bonds. The summed E-state index contributed by atoms with van der Waals surface area (Å²) in [6.07, 6.45) is 0. The van der Waals surface area contributed by atoms with Gasteiger partial charge in [-0.05, 0) is 67.6 Å². The van der Waals surface area contributed by atoms with E-state index in [2.05, 4.69) is 21.6 Å². The van der Waals surface area contributed by atoms with Gasteiger partial charge in [0, 0.05) is 11.4 Å². The van der Waals surface area contributed by atoms with Crippen LogP contribution in [0.25, 0.3) is 5.69 Å². The summed E-state index contributed by atoms with van der Waals surface area (Å²) in [7, 11) is 0. The molecule has 0 radical (unpaired) electrons. The SMILES string of the molecule is CCOc1ccc(NC(=O)CSc2nnc(COc3ccc(C#N)cc3)n2-c2ccccc2)cc1. The van der Waals surface area contributed by atoms with E-state index >= 15 is 0 Å². The lowest BCUT2D eigenvalue weighted by atomic mass is 10.2. The quantitative estimate of drug-likeness (QED) is 0.320. The monoisotopic (exact) mass is 485 g/mol. The lowest BCUT2D eigenvalue weighted by Crippen LogP contribution is -2.14. The maximum atomic E-state index is 12.5. The molecule has 3 aromatic carbocycles. The molecule has 1 N–H and O–H groups in total. The van der Waals surface area contributed by atoms with E-state index in [4.69, 9.17) is 14.7 Å². The first-order valence-electron chi connectivity index (χ1n) is 10.9. The van der Waals surface area contributed by atoms with Crippen LogP contribution in [0.15, 0.2) is 84.0 Å². The molecule has 0 saturated carbocycles. The number of amides is 1. The van der Waals surface area contributed by atoms with Crippen LogP contribution in [0.5, 0.6) is 11.5 Å². The van der Waals surface area contributed by atoms with Gasteiger partial charge in [-0.25, -0.2) is 0 Å². The predicted molar refractivity (Wildman–Crippen MR) is 134 cm³/mol. The summed E-state index contributed by atoms with van der Waals surface area (Å²) in [5.74, 6) is 1.98. The van der Waals surface area contributed by atoms with Gasteiger partial charge < -0.3 is 14.8 Å². The molecule has 9 heteroatoms. The number of rotatable bonds is 10. The highest BCUT2D eigenvalue weighted by atomic mass is 32.2. The predicted octanol–water partition coefficient (Wildman–Crippen LogP) is 4.85. The molecular formula is C26H23N5O3S. The Morgan fingerprint density at radius 3 is 2.34 bits per heavy atom. The smallest absolute Gasteiger partial charge is 0.234 e. The summed E-state index contributed by atoms with van der Waals surface area (Å²) < 4.78 is 13.2. The average molecular weight is 486 g/mol. The first kappa shape index (κ1) is 23.9. The van der Waals surface area contributed by atoms with Gasteiger partial charge in [0.05, 0.1) is 24.0 Å². The van der Waals surface area contributed by atoms with Gasteiger partial charge in [0.15, 0.2) is 11.0 Å². The number of hydrogen-bond donors (Lipinski definition) is 1. The third-order valence-corrected chi connectivity index (χ3v) is 5.78. The van der Waals surface area contributed by atoms with Crippen LogP contribution in [0.4, 0.5) is 5.69 Å². The van der Waals surface area contributed by atoms with E-state index in [1.807, 2.05) is 54.0 Å². The van der Waals surface area contributed by atoms with E-state index in [1.54, 1.807) is 36.4 Å². The molecule has 0 aliphatic heterocycles. The van der Waals surface area contributed by atoms with Crippen LogP contribution < -0.4 is 14.8 Å². The molecule has 0 aliphatic rings. The fraction of sp³-hybridized carbons (Fsp3) is 0.154. The minimum Gasteiger partial charge on any atom is -0.494 e. The normalized spacial score (nSPS) is 10.4. The Hall–Kier alpha value is -4.29. The number of para-hydroxylation sites is 1. The van der Waals surface area contributed by atoms with Crippen molar-refractivity contribution < 1.29 is 14.3 Å². The van der Waals surface area contributed by atoms with Crippen molar-refractivity contribution in [2.45, 2.75) is 18.7 Å². The second kappa shape index (κ2) is 11.7. The van der Waals surface area contributed by atoms with Gasteiger partial charge in [0.25, 0.3) is 0 Å². The van der Waals surface area contributed by atoms with Crippen molar-refractivity contribution >= 4 is 23.4 Å². The Kier molecular flexibility index (Phi) is 7.99. The van der Waals surface area contributed by atoms with Gasteiger partial charge in [-0.2, -0.15) is 5.26 Å². The fourth-order valence-corrected chi connectivity index (χ4v) is 4.00. The third-order valence-electron chi connectivity index (χ3n) is 4.85. The number of nitriles is 1. The molecular weight excluding hydrogens is 462 g/mol. The van der Waals surface area contributed by atoms with Crippen LogP contribution in [0.1, 0.15) is 18.3 Å². The number of carbonyl (C=O) groups is 1. The largest absolute Gasteiger partial charge is 0.494 e. The van der Waals surface area contributed by atoms with Gasteiger partial charge in [-0.1, -0.05) is 30.0 Å². The zero-order valence-electron chi connectivity index (χ0n) is 19.0. The van der Waals surface area contributed by atoms with Crippen molar-refractivity contribution in [1.82, 2.24) is 14.8 Å². The van der Waals surface area contributed by atoms with Crippen molar-refractivity contribution in [2.75, 3.05) is 17.7 Å². The minimum atomic E-state index is -0.155. The van der Waals surface area contributed by atoms with Crippen LogP contribution >= 0.6 is 11.8 Å². The van der Waals surface area contributed by atoms with Gasteiger partial charge in [-0.3, -0.25) is 9.36 Å². The van der Waals surface area contributed by atoms with Crippen molar-refractivity contribution in [3.63, 3.8) is 0 Å². The van der Waals surface area contributed by atoms with Gasteiger partial charge in [-0.15, -0.1) is 10.2 Å². The zero-order chi connectivity index (χ0) is 24.5. The summed E-state index contributed by atoms with van der Waals surface area (Å²) in [6, 6.07) is 25.9. The standard InChI is InChI=1S/C26H23N5O3S/c1-2-33-22-14-10-20(11-15-22)28-25(32)18-35-26-30-29-24(31(26)21-6-4-3-5-7-21)17-34-23-12-8-19(16-27)9-13-23/h3-15H,2,17-18H2,1H3,(H,28,32). The molecule has 1 aromatic heterocycles. The van der Waals surface area contributed by atoms with Crippen LogP contribution in [0.2, 0.25) is 0 Å². The maximum absolute atomic E-state index is 12.5. The van der Waals surface area contributed by atoms with E-state index in [9.17, 15) is 4.79 Å². The molecule has 8 nitrogen and oxygen atoms in total. The van der Waals surface area contributed by atoms with Crippen molar-refractivity contribution in [3.05, 3.63) is 90.3 Å². The van der Waals surface area contributed by atoms with Crippen LogP contribution in [0, 0.1) is 11.3 Å². The summed E-state index contributed by atoms with van der Waals surface area (Å²) in [5.41, 5.74) is 2.12. The van der Waals surface area contributed by atoms with Crippen molar-refractivity contribution in [1.29, 1.82) is 5.26 Å². The second-order valence-corrected chi connectivity index (χ2v) is 8.23. The van der Waals surface area contributed by atoms with Gasteiger partial charge in [0.1, 0.15) is 18.1 Å².